The van der Waals surface area contributed by atoms with E-state index in [0.29, 0.717) is 18.0 Å². The molecular formula is C28H30Cl3N3O4S. The number of benzene rings is 3. The van der Waals surface area contributed by atoms with E-state index in [4.69, 9.17) is 34.8 Å². The number of nitrogens with zero attached hydrogens (tertiary/aromatic N) is 2. The molecule has 0 bridgehead atoms. The number of carbonyl (C=O) groups excluding carboxylic acids is 2. The molecule has 0 aliphatic carbocycles. The molecule has 1 N–H and O–H groups in total. The second-order valence-corrected chi connectivity index (χ2v) is 12.0. The van der Waals surface area contributed by atoms with Crippen LogP contribution in [0.2, 0.25) is 15.1 Å². The number of carbonyl (C=O) groups is 2. The average molecular weight is 611 g/mol. The molecule has 1 atom stereocenters. The van der Waals surface area contributed by atoms with Crippen molar-refractivity contribution in [2.75, 3.05) is 17.4 Å². The number of hydrogen-bond donors (Lipinski definition) is 1. The lowest BCUT2D eigenvalue weighted by atomic mass is 10.1. The van der Waals surface area contributed by atoms with Crippen molar-refractivity contribution in [1.82, 2.24) is 10.2 Å². The molecule has 3 aromatic carbocycles. The van der Waals surface area contributed by atoms with E-state index in [9.17, 15) is 18.0 Å². The minimum absolute atomic E-state index is 0.00844. The molecule has 0 aliphatic heterocycles. The van der Waals surface area contributed by atoms with Gasteiger partial charge in [-0.05, 0) is 60.9 Å². The highest BCUT2D eigenvalue weighted by atomic mass is 35.5. The first-order valence-corrected chi connectivity index (χ1v) is 15.0. The third kappa shape index (κ3) is 8.11. The molecule has 0 heterocycles. The molecule has 2 amide bonds. The molecule has 3 rings (SSSR count). The van der Waals surface area contributed by atoms with Gasteiger partial charge in [-0.3, -0.25) is 13.9 Å². The smallest absolute Gasteiger partial charge is 0.264 e. The molecule has 208 valence electrons. The highest BCUT2D eigenvalue weighted by molar-refractivity contribution is 7.92. The van der Waals surface area contributed by atoms with Crippen molar-refractivity contribution >= 4 is 62.3 Å². The Kier molecular flexibility index (Phi) is 11.1. The molecular weight excluding hydrogens is 581 g/mol. The van der Waals surface area contributed by atoms with Crippen LogP contribution in [0.4, 0.5) is 5.69 Å². The van der Waals surface area contributed by atoms with Gasteiger partial charge in [0.15, 0.2) is 0 Å². The molecule has 0 fully saturated rings. The molecule has 7 nitrogen and oxygen atoms in total. The molecule has 11 heteroatoms. The lowest BCUT2D eigenvalue weighted by Crippen LogP contribution is -2.52. The Morgan fingerprint density at radius 3 is 2.05 bits per heavy atom. The third-order valence-corrected chi connectivity index (χ3v) is 8.42. The van der Waals surface area contributed by atoms with Crippen LogP contribution in [-0.4, -0.2) is 44.3 Å². The fourth-order valence-corrected chi connectivity index (χ4v) is 6.06. The van der Waals surface area contributed by atoms with Crippen LogP contribution in [0, 0.1) is 0 Å². The Morgan fingerprint density at radius 1 is 0.872 bits per heavy atom. The van der Waals surface area contributed by atoms with Crippen molar-refractivity contribution in [1.29, 1.82) is 0 Å². The highest BCUT2D eigenvalue weighted by Crippen LogP contribution is 2.30. The van der Waals surface area contributed by atoms with E-state index in [1.54, 1.807) is 49.4 Å². The standard InChI is InChI=1S/C28H30Cl3N3O4S/c1-3-14-32-28(36)26(4-2)33(18-20-10-12-21(29)13-11-20)27(35)19-34(24-16-22(30)15-23(31)17-24)39(37,38)25-8-6-5-7-9-25/h5-13,15-17,26H,3-4,14,18-19H2,1-2H3,(H,32,36)/t26-/m0/s1. The van der Waals surface area contributed by atoms with Gasteiger partial charge in [-0.1, -0.05) is 79.0 Å². The van der Waals surface area contributed by atoms with Crippen LogP contribution < -0.4 is 9.62 Å². The summed E-state index contributed by atoms with van der Waals surface area (Å²) in [5, 5.41) is 3.80. The van der Waals surface area contributed by atoms with Crippen LogP contribution in [0.25, 0.3) is 0 Å². The molecule has 0 aromatic heterocycles. The van der Waals surface area contributed by atoms with Crippen molar-refractivity contribution < 1.29 is 18.0 Å². The average Bonchev–Trinajstić information content (AvgIpc) is 2.91. The lowest BCUT2D eigenvalue weighted by molar-refractivity contribution is -0.140. The second-order valence-electron chi connectivity index (χ2n) is 8.82. The first-order chi connectivity index (χ1) is 18.6. The number of halogens is 3. The maximum absolute atomic E-state index is 14.0. The van der Waals surface area contributed by atoms with E-state index >= 15 is 0 Å². The normalized spacial score (nSPS) is 12.0. The second kappa shape index (κ2) is 14.0. The fraction of sp³-hybridized carbons (Fsp3) is 0.286. The predicted octanol–water partition coefficient (Wildman–Crippen LogP) is 6.18. The zero-order valence-electron chi connectivity index (χ0n) is 21.6. The van der Waals surface area contributed by atoms with E-state index in [2.05, 4.69) is 5.32 Å². The summed E-state index contributed by atoms with van der Waals surface area (Å²) in [7, 11) is -4.21. The van der Waals surface area contributed by atoms with Crippen LogP contribution >= 0.6 is 34.8 Å². The van der Waals surface area contributed by atoms with Gasteiger partial charge in [0, 0.05) is 28.2 Å². The van der Waals surface area contributed by atoms with Gasteiger partial charge < -0.3 is 10.2 Å². The molecule has 0 saturated heterocycles. The highest BCUT2D eigenvalue weighted by Gasteiger charge is 2.33. The van der Waals surface area contributed by atoms with Crippen LogP contribution in [-0.2, 0) is 26.2 Å². The maximum Gasteiger partial charge on any atom is 0.264 e. The van der Waals surface area contributed by atoms with Gasteiger partial charge in [-0.25, -0.2) is 8.42 Å². The summed E-state index contributed by atoms with van der Waals surface area (Å²) in [6, 6.07) is 18.2. The molecule has 0 unspecified atom stereocenters. The lowest BCUT2D eigenvalue weighted by Gasteiger charge is -2.33. The Balaban J connectivity index is 2.06. The number of rotatable bonds is 12. The van der Waals surface area contributed by atoms with E-state index in [-0.39, 0.29) is 33.1 Å². The van der Waals surface area contributed by atoms with E-state index in [1.807, 2.05) is 6.92 Å². The summed E-state index contributed by atoms with van der Waals surface area (Å²) in [5.41, 5.74) is 0.859. The van der Waals surface area contributed by atoms with Crippen LogP contribution in [0.5, 0.6) is 0 Å². The minimum atomic E-state index is -4.21. The topological polar surface area (TPSA) is 86.8 Å². The van der Waals surface area contributed by atoms with Crippen molar-refractivity contribution in [3.63, 3.8) is 0 Å². The zero-order valence-corrected chi connectivity index (χ0v) is 24.7. The number of nitrogens with one attached hydrogen (secondary N) is 1. The summed E-state index contributed by atoms with van der Waals surface area (Å²) in [6.45, 7) is 3.67. The van der Waals surface area contributed by atoms with Gasteiger partial charge in [0.25, 0.3) is 10.0 Å². The molecule has 0 saturated carbocycles. The molecule has 0 spiro atoms. The molecule has 0 aliphatic rings. The van der Waals surface area contributed by atoms with Crippen molar-refractivity contribution in [3.05, 3.63) is 93.4 Å². The first-order valence-electron chi connectivity index (χ1n) is 12.4. The summed E-state index contributed by atoms with van der Waals surface area (Å²) in [5.74, 6) is -0.885. The summed E-state index contributed by atoms with van der Waals surface area (Å²) in [6.07, 6.45) is 1.05. The van der Waals surface area contributed by atoms with E-state index in [0.717, 1.165) is 16.3 Å². The largest absolute Gasteiger partial charge is 0.354 e. The van der Waals surface area contributed by atoms with Gasteiger partial charge in [-0.2, -0.15) is 0 Å². The SMILES string of the molecule is CCCNC(=O)[C@H](CC)N(Cc1ccc(Cl)cc1)C(=O)CN(c1cc(Cl)cc(Cl)c1)S(=O)(=O)c1ccccc1. The molecule has 3 aromatic rings. The monoisotopic (exact) mass is 609 g/mol. The maximum atomic E-state index is 14.0. The van der Waals surface area contributed by atoms with Crippen molar-refractivity contribution in [2.45, 2.75) is 44.2 Å². The minimum Gasteiger partial charge on any atom is -0.354 e. The summed E-state index contributed by atoms with van der Waals surface area (Å²) < 4.78 is 28.6. The van der Waals surface area contributed by atoms with Gasteiger partial charge >= 0.3 is 0 Å². The Hall–Kier alpha value is -2.78. The van der Waals surface area contributed by atoms with E-state index in [1.165, 1.54) is 35.2 Å². The summed E-state index contributed by atoms with van der Waals surface area (Å²) >= 11 is 18.5. The third-order valence-electron chi connectivity index (χ3n) is 5.95. The first kappa shape index (κ1) is 30.8. The molecule has 0 radical (unpaired) electrons. The Morgan fingerprint density at radius 2 is 1.49 bits per heavy atom. The number of hydrogen-bond acceptors (Lipinski definition) is 4. The Bertz CT molecular complexity index is 1370. The molecule has 39 heavy (non-hydrogen) atoms. The van der Waals surface area contributed by atoms with Crippen LogP contribution in [0.1, 0.15) is 32.3 Å². The summed E-state index contributed by atoms with van der Waals surface area (Å²) in [4.78, 5) is 28.5. The van der Waals surface area contributed by atoms with Gasteiger partial charge in [-0.15, -0.1) is 0 Å². The predicted molar refractivity (Wildman–Crippen MR) is 157 cm³/mol. The number of sulfonamides is 1. The van der Waals surface area contributed by atoms with Crippen molar-refractivity contribution in [2.24, 2.45) is 0 Å². The Labute approximate surface area is 244 Å². The zero-order chi connectivity index (χ0) is 28.6. The number of amides is 2. The number of anilines is 1. The van der Waals surface area contributed by atoms with Crippen LogP contribution in [0.3, 0.4) is 0 Å². The van der Waals surface area contributed by atoms with E-state index < -0.39 is 28.5 Å². The quantitative estimate of drug-likeness (QED) is 0.266. The van der Waals surface area contributed by atoms with Gasteiger partial charge in [0.1, 0.15) is 12.6 Å². The van der Waals surface area contributed by atoms with Crippen LogP contribution in [0.15, 0.2) is 77.7 Å². The van der Waals surface area contributed by atoms with Gasteiger partial charge in [0.2, 0.25) is 11.8 Å². The van der Waals surface area contributed by atoms with Gasteiger partial charge in [0.05, 0.1) is 10.6 Å². The fourth-order valence-electron chi connectivity index (χ4n) is 4.00. The van der Waals surface area contributed by atoms with Crippen molar-refractivity contribution in [3.8, 4) is 0 Å².